The third-order valence-electron chi connectivity index (χ3n) is 4.65. The van der Waals surface area contributed by atoms with Gasteiger partial charge in [0.15, 0.2) is 5.11 Å². The van der Waals surface area contributed by atoms with Crippen molar-refractivity contribution < 1.29 is 27.6 Å². The van der Waals surface area contributed by atoms with Gasteiger partial charge in [-0.25, -0.2) is 4.79 Å². The number of aryl methyl sites for hydroxylation is 1. The lowest BCUT2D eigenvalue weighted by atomic mass is 9.95. The molecule has 0 saturated carbocycles. The van der Waals surface area contributed by atoms with Crippen molar-refractivity contribution in [1.82, 2.24) is 0 Å². The number of nitro groups is 1. The second-order valence-electron chi connectivity index (χ2n) is 6.70. The van der Waals surface area contributed by atoms with Crippen LogP contribution in [0.4, 0.5) is 29.5 Å². The molecule has 1 aliphatic carbocycles. The van der Waals surface area contributed by atoms with Crippen LogP contribution in [0.15, 0.2) is 18.2 Å². The van der Waals surface area contributed by atoms with Gasteiger partial charge in [0.05, 0.1) is 28.3 Å². The Bertz CT molecular complexity index is 1040. The van der Waals surface area contributed by atoms with E-state index in [1.807, 2.05) is 0 Å². The van der Waals surface area contributed by atoms with Crippen LogP contribution in [0, 0.1) is 10.1 Å². The molecule has 1 aliphatic rings. The maximum absolute atomic E-state index is 13.4. The topological polar surface area (TPSA) is 93.5 Å². The first-order valence-electron chi connectivity index (χ1n) is 9.37. The molecule has 1 aromatic carbocycles. The first-order chi connectivity index (χ1) is 14.6. The minimum absolute atomic E-state index is 0.177. The second kappa shape index (κ2) is 9.18. The Hall–Kier alpha value is -2.73. The molecule has 166 valence electrons. The van der Waals surface area contributed by atoms with E-state index in [1.54, 1.807) is 6.92 Å². The van der Waals surface area contributed by atoms with E-state index in [4.69, 9.17) is 17.0 Å². The van der Waals surface area contributed by atoms with Crippen molar-refractivity contribution in [3.63, 3.8) is 0 Å². The van der Waals surface area contributed by atoms with Gasteiger partial charge in [-0.1, -0.05) is 0 Å². The van der Waals surface area contributed by atoms with Crippen molar-refractivity contribution in [2.75, 3.05) is 17.2 Å². The van der Waals surface area contributed by atoms with Crippen LogP contribution in [-0.2, 0) is 23.8 Å². The molecule has 0 spiro atoms. The Kier molecular flexibility index (Phi) is 6.80. The fourth-order valence-corrected chi connectivity index (χ4v) is 4.88. The molecule has 2 N–H and O–H groups in total. The van der Waals surface area contributed by atoms with Crippen LogP contribution in [-0.4, -0.2) is 22.6 Å². The van der Waals surface area contributed by atoms with Crippen molar-refractivity contribution in [2.45, 2.75) is 38.8 Å². The van der Waals surface area contributed by atoms with Crippen LogP contribution in [0.5, 0.6) is 0 Å². The molecule has 0 unspecified atom stereocenters. The molecule has 1 heterocycles. The molecule has 1 aromatic heterocycles. The molecule has 0 atom stereocenters. The molecule has 3 rings (SSSR count). The summed E-state index contributed by atoms with van der Waals surface area (Å²) < 4.78 is 45.3. The van der Waals surface area contributed by atoms with Crippen molar-refractivity contribution >= 4 is 51.0 Å². The number of fused-ring (bicyclic) bond motifs is 1. The second-order valence-corrected chi connectivity index (χ2v) is 8.21. The number of thiophene rings is 1. The predicted molar refractivity (Wildman–Crippen MR) is 115 cm³/mol. The van der Waals surface area contributed by atoms with Crippen molar-refractivity contribution in [3.8, 4) is 0 Å². The highest BCUT2D eigenvalue weighted by molar-refractivity contribution is 7.80. The number of nitrogens with zero attached hydrogens (tertiary/aromatic N) is 1. The Balaban J connectivity index is 1.89. The molecule has 31 heavy (non-hydrogen) atoms. The summed E-state index contributed by atoms with van der Waals surface area (Å²) in [6, 6.07) is 2.34. The van der Waals surface area contributed by atoms with Crippen molar-refractivity contribution in [3.05, 3.63) is 49.9 Å². The van der Waals surface area contributed by atoms with Gasteiger partial charge < -0.3 is 15.4 Å². The quantitative estimate of drug-likeness (QED) is 0.255. The zero-order chi connectivity index (χ0) is 22.8. The Labute approximate surface area is 184 Å². The number of hydrogen-bond acceptors (Lipinski definition) is 6. The van der Waals surface area contributed by atoms with Crippen molar-refractivity contribution in [2.24, 2.45) is 0 Å². The molecule has 7 nitrogen and oxygen atoms in total. The lowest BCUT2D eigenvalue weighted by Gasteiger charge is -2.16. The lowest BCUT2D eigenvalue weighted by Crippen LogP contribution is -2.22. The number of thiocarbonyl (C=S) groups is 1. The number of anilines is 2. The van der Waals surface area contributed by atoms with Gasteiger partial charge in [-0.05, 0) is 56.5 Å². The number of carbonyl (C=O) groups excluding carboxylic acids is 1. The Morgan fingerprint density at radius 1 is 1.29 bits per heavy atom. The number of benzene rings is 1. The third kappa shape index (κ3) is 5.13. The maximum Gasteiger partial charge on any atom is 0.418 e. The van der Waals surface area contributed by atoms with Crippen LogP contribution in [0.25, 0.3) is 0 Å². The number of nitro benzene ring substituents is 1. The summed E-state index contributed by atoms with van der Waals surface area (Å²) >= 11 is 6.49. The first-order valence-corrected chi connectivity index (χ1v) is 10.6. The number of alkyl halides is 3. The van der Waals surface area contributed by atoms with Gasteiger partial charge >= 0.3 is 12.1 Å². The highest BCUT2D eigenvalue weighted by atomic mass is 32.1. The van der Waals surface area contributed by atoms with Crippen LogP contribution in [0.1, 0.15) is 46.1 Å². The number of esters is 1. The summed E-state index contributed by atoms with van der Waals surface area (Å²) in [5.74, 6) is -0.515. The first kappa shape index (κ1) is 22.9. The number of carbonyl (C=O) groups is 1. The number of nitrogens with one attached hydrogen (secondary N) is 2. The van der Waals surface area contributed by atoms with E-state index < -0.39 is 34.0 Å². The van der Waals surface area contributed by atoms with Crippen LogP contribution < -0.4 is 10.6 Å². The molecule has 0 saturated heterocycles. The van der Waals surface area contributed by atoms with Gasteiger partial charge in [-0.2, -0.15) is 13.2 Å². The molecular weight excluding hydrogens is 455 g/mol. The van der Waals surface area contributed by atoms with Gasteiger partial charge in [0.25, 0.3) is 5.69 Å². The highest BCUT2D eigenvalue weighted by Crippen LogP contribution is 2.40. The summed E-state index contributed by atoms with van der Waals surface area (Å²) in [6.45, 7) is 1.87. The average molecular weight is 473 g/mol. The van der Waals surface area contributed by atoms with E-state index in [0.29, 0.717) is 23.1 Å². The minimum Gasteiger partial charge on any atom is -0.462 e. The zero-order valence-electron chi connectivity index (χ0n) is 16.3. The molecule has 0 amide bonds. The largest absolute Gasteiger partial charge is 0.462 e. The molecule has 0 radical (unpaired) electrons. The highest BCUT2D eigenvalue weighted by Gasteiger charge is 2.35. The smallest absolute Gasteiger partial charge is 0.418 e. The van der Waals surface area contributed by atoms with Gasteiger partial charge in [0.1, 0.15) is 5.00 Å². The fraction of sp³-hybridized carbons (Fsp3) is 0.368. The SMILES string of the molecule is CCOC(=O)c1c(NC(=S)Nc2ccc([N+](=O)[O-])cc2C(F)(F)F)sc2c1CCCC2. The van der Waals surface area contributed by atoms with Crippen molar-refractivity contribution in [1.29, 1.82) is 0 Å². The van der Waals surface area contributed by atoms with E-state index in [-0.39, 0.29) is 11.7 Å². The van der Waals surface area contributed by atoms with Crippen LogP contribution >= 0.6 is 23.6 Å². The summed E-state index contributed by atoms with van der Waals surface area (Å²) in [5, 5.41) is 16.3. The average Bonchev–Trinajstić information content (AvgIpc) is 3.05. The Morgan fingerprint density at radius 2 is 2.00 bits per heavy atom. The van der Waals surface area contributed by atoms with Gasteiger partial charge in [0, 0.05) is 17.0 Å². The molecule has 0 fully saturated rings. The van der Waals surface area contributed by atoms with Gasteiger partial charge in [0.2, 0.25) is 0 Å². The number of rotatable bonds is 5. The molecular formula is C19H18F3N3O4S2. The lowest BCUT2D eigenvalue weighted by molar-refractivity contribution is -0.385. The normalized spacial score (nSPS) is 13.3. The molecule has 2 aromatic rings. The summed E-state index contributed by atoms with van der Waals surface area (Å²) in [4.78, 5) is 23.5. The van der Waals surface area contributed by atoms with E-state index in [0.717, 1.165) is 41.8 Å². The standard InChI is InChI=1S/C19H18F3N3O4S2/c1-2-29-17(26)15-11-5-3-4-6-14(11)31-16(15)24-18(30)23-13-8-7-10(25(27)28)9-12(13)19(20,21)22/h7-9H,2-6H2,1H3,(H2,23,24,30). The van der Waals surface area contributed by atoms with E-state index in [1.165, 1.54) is 11.3 Å². The van der Waals surface area contributed by atoms with E-state index in [2.05, 4.69) is 10.6 Å². The molecule has 0 aliphatic heterocycles. The van der Waals surface area contributed by atoms with E-state index in [9.17, 15) is 28.1 Å². The summed E-state index contributed by atoms with van der Waals surface area (Å²) in [5.41, 5.74) is -1.11. The number of halogens is 3. The third-order valence-corrected chi connectivity index (χ3v) is 6.06. The van der Waals surface area contributed by atoms with Gasteiger partial charge in [-0.3, -0.25) is 10.1 Å². The van der Waals surface area contributed by atoms with Crippen LogP contribution in [0.3, 0.4) is 0 Å². The Morgan fingerprint density at radius 3 is 2.65 bits per heavy atom. The summed E-state index contributed by atoms with van der Waals surface area (Å²) in [7, 11) is 0. The number of non-ortho nitro benzene ring substituents is 1. The maximum atomic E-state index is 13.4. The number of hydrogen-bond donors (Lipinski definition) is 2. The fourth-order valence-electron chi connectivity index (χ4n) is 3.32. The summed E-state index contributed by atoms with van der Waals surface area (Å²) in [6.07, 6.45) is -1.41. The minimum atomic E-state index is -4.83. The van der Waals surface area contributed by atoms with E-state index >= 15 is 0 Å². The monoisotopic (exact) mass is 473 g/mol. The predicted octanol–water partition coefficient (Wildman–Crippen LogP) is 5.54. The van der Waals surface area contributed by atoms with Gasteiger partial charge in [-0.15, -0.1) is 11.3 Å². The zero-order valence-corrected chi connectivity index (χ0v) is 17.9. The number of ether oxygens (including phenoxy) is 1. The van der Waals surface area contributed by atoms with Crippen LogP contribution in [0.2, 0.25) is 0 Å². The molecule has 0 bridgehead atoms. The molecule has 12 heteroatoms.